The van der Waals surface area contributed by atoms with Gasteiger partial charge in [-0.1, -0.05) is 24.3 Å². The lowest BCUT2D eigenvalue weighted by Gasteiger charge is -2.07. The molecule has 12 heavy (non-hydrogen) atoms. The Morgan fingerprint density at radius 1 is 1.17 bits per heavy atom. The Bertz CT molecular complexity index is 267. The maximum atomic E-state index is 5.95. The summed E-state index contributed by atoms with van der Waals surface area (Å²) >= 11 is 0. The molecule has 0 spiro atoms. The van der Waals surface area contributed by atoms with Crippen LogP contribution in [0.5, 0.6) is 0 Å². The molecular weight excluding hydrogens is 146 g/mol. The fourth-order valence-electron chi connectivity index (χ4n) is 1.94. The van der Waals surface area contributed by atoms with Gasteiger partial charge >= 0.3 is 0 Å². The number of aryl methyl sites for hydroxylation is 1. The van der Waals surface area contributed by atoms with Gasteiger partial charge in [-0.2, -0.15) is 0 Å². The highest BCUT2D eigenvalue weighted by atomic mass is 14.6. The summed E-state index contributed by atoms with van der Waals surface area (Å²) in [6.45, 7) is 0. The van der Waals surface area contributed by atoms with E-state index < -0.39 is 0 Å². The predicted octanol–water partition coefficient (Wildman–Crippen LogP) is 1.89. The van der Waals surface area contributed by atoms with Gasteiger partial charge in [0.05, 0.1) is 0 Å². The molecule has 1 heteroatoms. The van der Waals surface area contributed by atoms with Crippen LogP contribution in [-0.2, 0) is 12.8 Å². The average Bonchev–Trinajstić information content (AvgIpc) is 2.25. The summed E-state index contributed by atoms with van der Waals surface area (Å²) in [7, 11) is 0. The predicted molar refractivity (Wildman–Crippen MR) is 51.1 cm³/mol. The zero-order chi connectivity index (χ0) is 8.39. The summed E-state index contributed by atoms with van der Waals surface area (Å²) < 4.78 is 0. The molecule has 2 rings (SSSR count). The molecular formula is C11H15N. The third kappa shape index (κ3) is 1.51. The highest BCUT2D eigenvalue weighted by Gasteiger charge is 2.11. The van der Waals surface area contributed by atoms with Crippen molar-refractivity contribution in [1.82, 2.24) is 0 Å². The molecule has 1 unspecified atom stereocenters. The first-order chi connectivity index (χ1) is 5.86. The third-order valence-electron chi connectivity index (χ3n) is 2.62. The number of benzene rings is 1. The van der Waals surface area contributed by atoms with Crippen LogP contribution in [0.15, 0.2) is 24.3 Å². The van der Waals surface area contributed by atoms with Crippen molar-refractivity contribution in [2.75, 3.05) is 0 Å². The van der Waals surface area contributed by atoms with E-state index in [0.29, 0.717) is 6.04 Å². The van der Waals surface area contributed by atoms with Gasteiger partial charge in [0.1, 0.15) is 0 Å². The Balaban J connectivity index is 2.31. The summed E-state index contributed by atoms with van der Waals surface area (Å²) in [4.78, 5) is 0. The van der Waals surface area contributed by atoms with Gasteiger partial charge in [0.25, 0.3) is 0 Å². The van der Waals surface area contributed by atoms with Crippen LogP contribution in [0.1, 0.15) is 24.0 Å². The smallest absolute Gasteiger partial charge is 0.00795 e. The van der Waals surface area contributed by atoms with Crippen LogP contribution in [0.3, 0.4) is 0 Å². The first-order valence-electron chi connectivity index (χ1n) is 4.68. The van der Waals surface area contributed by atoms with Gasteiger partial charge < -0.3 is 5.73 Å². The van der Waals surface area contributed by atoms with Gasteiger partial charge in [0.2, 0.25) is 0 Å². The minimum absolute atomic E-state index is 0.383. The van der Waals surface area contributed by atoms with Gasteiger partial charge in [0, 0.05) is 6.04 Å². The van der Waals surface area contributed by atoms with E-state index in [1.54, 1.807) is 0 Å². The van der Waals surface area contributed by atoms with E-state index in [4.69, 9.17) is 5.73 Å². The molecule has 0 heterocycles. The molecule has 1 aromatic rings. The molecule has 0 saturated heterocycles. The first-order valence-corrected chi connectivity index (χ1v) is 4.68. The Morgan fingerprint density at radius 2 is 1.92 bits per heavy atom. The fraction of sp³-hybridized carbons (Fsp3) is 0.455. The van der Waals surface area contributed by atoms with E-state index in [-0.39, 0.29) is 0 Å². The van der Waals surface area contributed by atoms with Crippen LogP contribution < -0.4 is 5.73 Å². The van der Waals surface area contributed by atoms with Crippen molar-refractivity contribution in [2.45, 2.75) is 31.7 Å². The van der Waals surface area contributed by atoms with Crippen LogP contribution in [0, 0.1) is 0 Å². The van der Waals surface area contributed by atoms with Crippen molar-refractivity contribution in [3.05, 3.63) is 35.4 Å². The molecule has 1 nitrogen and oxygen atoms in total. The molecule has 2 N–H and O–H groups in total. The number of fused-ring (bicyclic) bond motifs is 1. The number of nitrogens with two attached hydrogens (primary N) is 1. The van der Waals surface area contributed by atoms with E-state index in [1.807, 2.05) is 0 Å². The standard InChI is InChI=1S/C11H15N/c12-11-7-3-6-9-4-1-2-5-10(9)8-11/h1-2,4-5,11H,3,6-8,12H2. The van der Waals surface area contributed by atoms with Gasteiger partial charge in [-0.25, -0.2) is 0 Å². The Hall–Kier alpha value is -0.820. The normalized spacial score (nSPS) is 22.9. The molecule has 0 saturated carbocycles. The fourth-order valence-corrected chi connectivity index (χ4v) is 1.94. The SMILES string of the molecule is NC1CCCc2ccccc2C1. The quantitative estimate of drug-likeness (QED) is 0.578. The second kappa shape index (κ2) is 3.28. The molecule has 0 aliphatic heterocycles. The summed E-state index contributed by atoms with van der Waals surface area (Å²) in [6.07, 6.45) is 4.70. The first kappa shape index (κ1) is 7.81. The lowest BCUT2D eigenvalue weighted by atomic mass is 10.0. The molecule has 1 aliphatic carbocycles. The highest BCUT2D eigenvalue weighted by molar-refractivity contribution is 5.28. The molecule has 0 amide bonds. The van der Waals surface area contributed by atoms with E-state index in [0.717, 1.165) is 6.42 Å². The third-order valence-corrected chi connectivity index (χ3v) is 2.62. The van der Waals surface area contributed by atoms with Crippen molar-refractivity contribution < 1.29 is 0 Å². The Morgan fingerprint density at radius 3 is 2.75 bits per heavy atom. The summed E-state index contributed by atoms with van der Waals surface area (Å²) in [6, 6.07) is 9.05. The molecule has 0 aromatic heterocycles. The van der Waals surface area contributed by atoms with E-state index in [2.05, 4.69) is 24.3 Å². The van der Waals surface area contributed by atoms with Crippen LogP contribution >= 0.6 is 0 Å². The Kier molecular flexibility index (Phi) is 2.13. The van der Waals surface area contributed by atoms with Crippen LogP contribution in [-0.4, -0.2) is 6.04 Å². The molecule has 1 aliphatic rings. The van der Waals surface area contributed by atoms with Crippen molar-refractivity contribution in [3.8, 4) is 0 Å². The van der Waals surface area contributed by atoms with Gasteiger partial charge in [0.15, 0.2) is 0 Å². The van der Waals surface area contributed by atoms with Crippen molar-refractivity contribution >= 4 is 0 Å². The highest BCUT2D eigenvalue weighted by Crippen LogP contribution is 2.19. The maximum absolute atomic E-state index is 5.95. The summed E-state index contributed by atoms with van der Waals surface area (Å²) in [5, 5.41) is 0. The number of rotatable bonds is 0. The lowest BCUT2D eigenvalue weighted by molar-refractivity contribution is 0.603. The van der Waals surface area contributed by atoms with Crippen LogP contribution in [0.4, 0.5) is 0 Å². The van der Waals surface area contributed by atoms with Crippen LogP contribution in [0.2, 0.25) is 0 Å². The van der Waals surface area contributed by atoms with E-state index in [9.17, 15) is 0 Å². The second-order valence-electron chi connectivity index (χ2n) is 3.63. The molecule has 0 bridgehead atoms. The molecule has 0 radical (unpaired) electrons. The molecule has 0 fully saturated rings. The van der Waals surface area contributed by atoms with Crippen LogP contribution in [0.25, 0.3) is 0 Å². The van der Waals surface area contributed by atoms with Gasteiger partial charge in [-0.3, -0.25) is 0 Å². The minimum Gasteiger partial charge on any atom is -0.327 e. The topological polar surface area (TPSA) is 26.0 Å². The van der Waals surface area contributed by atoms with Gasteiger partial charge in [-0.05, 0) is 36.8 Å². The van der Waals surface area contributed by atoms with Crippen molar-refractivity contribution in [1.29, 1.82) is 0 Å². The van der Waals surface area contributed by atoms with E-state index in [1.165, 1.54) is 30.4 Å². The molecule has 1 aromatic carbocycles. The zero-order valence-corrected chi connectivity index (χ0v) is 7.29. The average molecular weight is 161 g/mol. The number of hydrogen-bond donors (Lipinski definition) is 1. The monoisotopic (exact) mass is 161 g/mol. The summed E-state index contributed by atoms with van der Waals surface area (Å²) in [5.74, 6) is 0. The summed E-state index contributed by atoms with van der Waals surface area (Å²) in [5.41, 5.74) is 8.92. The zero-order valence-electron chi connectivity index (χ0n) is 7.29. The molecule has 64 valence electrons. The minimum atomic E-state index is 0.383. The second-order valence-corrected chi connectivity index (χ2v) is 3.63. The lowest BCUT2D eigenvalue weighted by Crippen LogP contribution is -2.21. The molecule has 1 atom stereocenters. The maximum Gasteiger partial charge on any atom is 0.00795 e. The number of hydrogen-bond acceptors (Lipinski definition) is 1. The largest absolute Gasteiger partial charge is 0.327 e. The van der Waals surface area contributed by atoms with Gasteiger partial charge in [-0.15, -0.1) is 0 Å². The Labute approximate surface area is 73.6 Å². The van der Waals surface area contributed by atoms with Crippen molar-refractivity contribution in [2.24, 2.45) is 5.73 Å². The van der Waals surface area contributed by atoms with E-state index >= 15 is 0 Å². The van der Waals surface area contributed by atoms with Crippen molar-refractivity contribution in [3.63, 3.8) is 0 Å².